The Bertz CT molecular complexity index is 658. The molecule has 11 heteroatoms. The Balaban J connectivity index is -0.00000312. The van der Waals surface area contributed by atoms with Crippen LogP contribution < -0.4 is 51.4 Å². The number of esters is 3. The van der Waals surface area contributed by atoms with Gasteiger partial charge in [-0.3, -0.25) is 9.35 Å². The summed E-state index contributed by atoms with van der Waals surface area (Å²) in [5.41, 5.74) is -1.48. The predicted octanol–water partition coefficient (Wildman–Crippen LogP) is -1.48. The molecule has 27 heavy (non-hydrogen) atoms. The first kappa shape index (κ1) is 28.6. The van der Waals surface area contributed by atoms with Crippen LogP contribution in [0.5, 0.6) is 0 Å². The molecule has 0 heterocycles. The summed E-state index contributed by atoms with van der Waals surface area (Å²) in [5.74, 6) is -3.93. The third-order valence-electron chi connectivity index (χ3n) is 3.16. The number of ether oxygens (including phenoxy) is 3. The van der Waals surface area contributed by atoms with Crippen molar-refractivity contribution < 1.29 is 94.4 Å². The van der Waals surface area contributed by atoms with E-state index in [0.29, 0.717) is 6.42 Å². The van der Waals surface area contributed by atoms with Gasteiger partial charge in [0.15, 0.2) is 0 Å². The molecular formula is C16H25KO9S. The first-order chi connectivity index (χ1) is 11.8. The van der Waals surface area contributed by atoms with Gasteiger partial charge in [-0.15, -0.1) is 0 Å². The van der Waals surface area contributed by atoms with Crippen LogP contribution in [0.25, 0.3) is 0 Å². The summed E-state index contributed by atoms with van der Waals surface area (Å²) in [7, 11) is -4.57. The van der Waals surface area contributed by atoms with E-state index in [1.165, 1.54) is 13.8 Å². The molecule has 0 amide bonds. The summed E-state index contributed by atoms with van der Waals surface area (Å²) in [4.78, 5) is 35.7. The summed E-state index contributed by atoms with van der Waals surface area (Å²) in [6.07, 6.45) is 0.459. The molecule has 150 valence electrons. The fourth-order valence-corrected chi connectivity index (χ4v) is 2.08. The Labute approximate surface area is 203 Å². The van der Waals surface area contributed by atoms with Gasteiger partial charge in [0.25, 0.3) is 0 Å². The Morgan fingerprint density at radius 3 is 1.70 bits per heavy atom. The van der Waals surface area contributed by atoms with Gasteiger partial charge in [-0.2, -0.15) is 8.42 Å². The molecule has 0 aliphatic heterocycles. The van der Waals surface area contributed by atoms with Crippen molar-refractivity contribution in [3.63, 3.8) is 0 Å². The van der Waals surface area contributed by atoms with Gasteiger partial charge in [0, 0.05) is 11.1 Å². The number of hydrogen-bond donors (Lipinski definition) is 1. The maximum Gasteiger partial charge on any atom is 1.00 e. The number of carbonyl (C=O) groups is 3. The van der Waals surface area contributed by atoms with Crippen LogP contribution in [0.2, 0.25) is 0 Å². The Morgan fingerprint density at radius 1 is 1.00 bits per heavy atom. The Morgan fingerprint density at radius 2 is 1.41 bits per heavy atom. The van der Waals surface area contributed by atoms with E-state index >= 15 is 0 Å². The van der Waals surface area contributed by atoms with E-state index in [4.69, 9.17) is 14.0 Å². The van der Waals surface area contributed by atoms with Gasteiger partial charge in [0.1, 0.15) is 18.6 Å². The summed E-state index contributed by atoms with van der Waals surface area (Å²) in [6.45, 7) is 10.3. The summed E-state index contributed by atoms with van der Waals surface area (Å²) in [6, 6.07) is 0. The molecule has 9 nitrogen and oxygen atoms in total. The van der Waals surface area contributed by atoms with Crippen LogP contribution in [0.1, 0.15) is 35.0 Å². The molecule has 0 unspecified atom stereocenters. The fourth-order valence-electron chi connectivity index (χ4n) is 1.82. The summed E-state index contributed by atoms with van der Waals surface area (Å²) >= 11 is 0. The topological polar surface area (TPSA) is 133 Å². The molecule has 0 aliphatic rings. The molecule has 0 radical (unpaired) electrons. The third-order valence-corrected chi connectivity index (χ3v) is 3.57. The van der Waals surface area contributed by atoms with Crippen molar-refractivity contribution in [2.45, 2.75) is 33.6 Å². The molecule has 0 aliphatic carbocycles. The van der Waals surface area contributed by atoms with Crippen molar-refractivity contribution in [2.75, 3.05) is 19.2 Å². The summed E-state index contributed by atoms with van der Waals surface area (Å²) < 4.78 is 45.0. The molecule has 0 bridgehead atoms. The Kier molecular flexibility index (Phi) is 13.6. The number of rotatable bonds is 11. The van der Waals surface area contributed by atoms with Crippen molar-refractivity contribution in [2.24, 2.45) is 5.41 Å². The Hall–Kier alpha value is -0.564. The minimum Gasteiger partial charge on any atom is -1.00 e. The average Bonchev–Trinajstić information content (AvgIpc) is 2.53. The third kappa shape index (κ3) is 11.1. The minimum atomic E-state index is -4.57. The minimum absolute atomic E-state index is 0. The standard InChI is InChI=1S/C16H24O9S.K.H/c1-6-7-16(8-23-13(17)11(2)3,9-24-14(18)12(4)5)15(19)25-10-26(20,21)22;;/h2,4,6-10H2,1,3,5H3,(H,20,21,22);;/q;+1;-1. The van der Waals surface area contributed by atoms with Crippen molar-refractivity contribution in [3.05, 3.63) is 24.3 Å². The van der Waals surface area contributed by atoms with Crippen LogP contribution in [-0.2, 0) is 38.7 Å². The van der Waals surface area contributed by atoms with Gasteiger partial charge in [-0.1, -0.05) is 26.5 Å². The van der Waals surface area contributed by atoms with Crippen molar-refractivity contribution in [1.29, 1.82) is 0 Å². The van der Waals surface area contributed by atoms with Crippen LogP contribution >= 0.6 is 0 Å². The summed E-state index contributed by atoms with van der Waals surface area (Å²) in [5, 5.41) is 0. The van der Waals surface area contributed by atoms with E-state index in [-0.39, 0.29) is 70.4 Å². The predicted molar refractivity (Wildman–Crippen MR) is 92.5 cm³/mol. The second-order valence-corrected chi connectivity index (χ2v) is 7.27. The van der Waals surface area contributed by atoms with E-state index in [9.17, 15) is 22.8 Å². The van der Waals surface area contributed by atoms with Gasteiger partial charge in [0.2, 0.25) is 5.94 Å². The zero-order chi connectivity index (χ0) is 20.5. The molecule has 0 aromatic carbocycles. The molecule has 0 rings (SSSR count). The average molecular weight is 433 g/mol. The van der Waals surface area contributed by atoms with Crippen LogP contribution in [0.4, 0.5) is 0 Å². The molecule has 0 atom stereocenters. The number of carbonyl (C=O) groups excluding carboxylic acids is 3. The molecule has 0 saturated heterocycles. The van der Waals surface area contributed by atoms with E-state index in [1.54, 1.807) is 6.92 Å². The van der Waals surface area contributed by atoms with Gasteiger partial charge >= 0.3 is 79.4 Å². The maximum atomic E-state index is 12.4. The largest absolute Gasteiger partial charge is 1.00 e. The van der Waals surface area contributed by atoms with Crippen LogP contribution in [-0.4, -0.2) is 50.0 Å². The van der Waals surface area contributed by atoms with Crippen molar-refractivity contribution in [1.82, 2.24) is 0 Å². The maximum absolute atomic E-state index is 12.4. The van der Waals surface area contributed by atoms with E-state index in [1.807, 2.05) is 0 Å². The monoisotopic (exact) mass is 432 g/mol. The van der Waals surface area contributed by atoms with E-state index < -0.39 is 52.6 Å². The molecule has 0 fully saturated rings. The fraction of sp³-hybridized carbons (Fsp3) is 0.562. The first-order valence-electron chi connectivity index (χ1n) is 7.62. The second-order valence-electron chi connectivity index (χ2n) is 5.87. The smallest absolute Gasteiger partial charge is 1.00 e. The van der Waals surface area contributed by atoms with Crippen LogP contribution in [0, 0.1) is 5.41 Å². The van der Waals surface area contributed by atoms with Gasteiger partial charge in [-0.25, -0.2) is 9.59 Å². The van der Waals surface area contributed by atoms with E-state index in [0.717, 1.165) is 0 Å². The molecule has 1 N–H and O–H groups in total. The molecule has 0 spiro atoms. The molecular weight excluding hydrogens is 407 g/mol. The van der Waals surface area contributed by atoms with Gasteiger partial charge in [-0.05, 0) is 20.3 Å². The molecule has 0 saturated carbocycles. The second kappa shape index (κ2) is 12.8. The van der Waals surface area contributed by atoms with Crippen LogP contribution in [0.3, 0.4) is 0 Å². The van der Waals surface area contributed by atoms with Crippen molar-refractivity contribution in [3.8, 4) is 0 Å². The van der Waals surface area contributed by atoms with Gasteiger partial charge in [0.05, 0.1) is 0 Å². The van der Waals surface area contributed by atoms with Gasteiger partial charge < -0.3 is 15.6 Å². The number of hydrogen-bond acceptors (Lipinski definition) is 8. The van der Waals surface area contributed by atoms with E-state index in [2.05, 4.69) is 17.9 Å². The zero-order valence-corrected chi connectivity index (χ0v) is 20.0. The zero-order valence-electron chi connectivity index (χ0n) is 17.1. The van der Waals surface area contributed by atoms with Crippen LogP contribution in [0.15, 0.2) is 24.3 Å². The van der Waals surface area contributed by atoms with Crippen molar-refractivity contribution >= 4 is 28.0 Å². The SMILES string of the molecule is C=C(C)C(=O)OCC(CCC)(COC(=O)C(=C)C)C(=O)OCS(=O)(=O)O.[H-].[K+]. The first-order valence-corrected chi connectivity index (χ1v) is 9.23. The quantitative estimate of drug-likeness (QED) is 0.136. The molecule has 0 aromatic rings. The normalized spacial score (nSPS) is 11.0. The molecule has 0 aromatic heterocycles.